The molecule has 0 aliphatic carbocycles. The van der Waals surface area contributed by atoms with Crippen molar-refractivity contribution in [2.24, 2.45) is 12.8 Å². The number of hydrogen-bond acceptors (Lipinski definition) is 3. The van der Waals surface area contributed by atoms with Gasteiger partial charge in [-0.3, -0.25) is 4.98 Å². The molecule has 76 valence electrons. The number of halogens is 1. The lowest BCUT2D eigenvalue weighted by atomic mass is 10.1. The summed E-state index contributed by atoms with van der Waals surface area (Å²) in [4.78, 5) is 4.03. The Balaban J connectivity index is 2.82. The molecule has 15 heavy (non-hydrogen) atoms. The van der Waals surface area contributed by atoms with Crippen LogP contribution in [0.25, 0.3) is 10.9 Å². The van der Waals surface area contributed by atoms with Crippen molar-refractivity contribution in [1.29, 1.82) is 5.26 Å². The summed E-state index contributed by atoms with van der Waals surface area (Å²) in [7, 11) is 1.86. The number of rotatable bonds is 1. The third-order valence-corrected chi connectivity index (χ3v) is 2.64. The van der Waals surface area contributed by atoms with Crippen molar-refractivity contribution in [3.8, 4) is 6.07 Å². The van der Waals surface area contributed by atoms with Gasteiger partial charge in [-0.15, -0.1) is 0 Å². The van der Waals surface area contributed by atoms with E-state index in [1.807, 2.05) is 17.7 Å². The molecule has 0 aliphatic rings. The Labute approximate surface area is 91.9 Å². The minimum atomic E-state index is -0.675. The fraction of sp³-hybridized carbons (Fsp3) is 0.200. The summed E-state index contributed by atoms with van der Waals surface area (Å²) in [5.41, 5.74) is 7.24. The van der Waals surface area contributed by atoms with Crippen molar-refractivity contribution in [2.75, 3.05) is 0 Å². The van der Waals surface area contributed by atoms with Crippen LogP contribution in [0.3, 0.4) is 0 Å². The zero-order valence-corrected chi connectivity index (χ0v) is 8.86. The summed E-state index contributed by atoms with van der Waals surface area (Å²) in [6, 6.07) is 1.32. The van der Waals surface area contributed by atoms with E-state index in [1.165, 1.54) is 0 Å². The van der Waals surface area contributed by atoms with Gasteiger partial charge in [0.15, 0.2) is 0 Å². The topological polar surface area (TPSA) is 67.6 Å². The SMILES string of the molecule is Cn1cc(Cl)c2cncc(C(N)C#N)c21. The van der Waals surface area contributed by atoms with E-state index in [2.05, 4.69) is 4.98 Å². The van der Waals surface area contributed by atoms with Gasteiger partial charge in [0.05, 0.1) is 16.6 Å². The van der Waals surface area contributed by atoms with Crippen LogP contribution in [0.2, 0.25) is 5.02 Å². The Kier molecular flexibility index (Phi) is 2.35. The maximum atomic E-state index is 8.80. The molecule has 4 nitrogen and oxygen atoms in total. The lowest BCUT2D eigenvalue weighted by Crippen LogP contribution is -2.09. The predicted octanol–water partition coefficient (Wildman–Crippen LogP) is 1.75. The number of pyridine rings is 1. The van der Waals surface area contributed by atoms with E-state index in [-0.39, 0.29) is 0 Å². The fourth-order valence-electron chi connectivity index (χ4n) is 1.64. The lowest BCUT2D eigenvalue weighted by molar-refractivity contribution is 0.894. The van der Waals surface area contributed by atoms with Crippen molar-refractivity contribution < 1.29 is 0 Å². The van der Waals surface area contributed by atoms with Crippen LogP contribution in [-0.2, 0) is 7.05 Å². The number of nitriles is 1. The third-order valence-electron chi connectivity index (χ3n) is 2.34. The highest BCUT2D eigenvalue weighted by molar-refractivity contribution is 6.35. The molecule has 0 saturated heterocycles. The quantitative estimate of drug-likeness (QED) is 0.796. The molecule has 5 heteroatoms. The summed E-state index contributed by atoms with van der Waals surface area (Å²) >= 11 is 6.01. The lowest BCUT2D eigenvalue weighted by Gasteiger charge is -2.06. The van der Waals surface area contributed by atoms with E-state index < -0.39 is 6.04 Å². The smallest absolute Gasteiger partial charge is 0.122 e. The molecular formula is C10H9ClN4. The van der Waals surface area contributed by atoms with Crippen LogP contribution in [0, 0.1) is 11.3 Å². The molecule has 2 aromatic heterocycles. The second kappa shape index (κ2) is 3.54. The first-order valence-electron chi connectivity index (χ1n) is 4.38. The highest BCUT2D eigenvalue weighted by Crippen LogP contribution is 2.28. The van der Waals surface area contributed by atoms with Crippen LogP contribution in [0.1, 0.15) is 11.6 Å². The van der Waals surface area contributed by atoms with Gasteiger partial charge in [-0.1, -0.05) is 11.6 Å². The number of aromatic nitrogens is 2. The van der Waals surface area contributed by atoms with Crippen LogP contribution < -0.4 is 5.73 Å². The summed E-state index contributed by atoms with van der Waals surface area (Å²) < 4.78 is 1.85. The molecule has 0 spiro atoms. The average molecular weight is 221 g/mol. The largest absolute Gasteiger partial charge is 0.349 e. The van der Waals surface area contributed by atoms with Gasteiger partial charge in [0.1, 0.15) is 6.04 Å². The normalized spacial score (nSPS) is 12.7. The predicted molar refractivity (Wildman–Crippen MR) is 58.3 cm³/mol. The maximum Gasteiger partial charge on any atom is 0.122 e. The zero-order chi connectivity index (χ0) is 11.0. The third kappa shape index (κ3) is 1.46. The fourth-order valence-corrected chi connectivity index (χ4v) is 1.92. The van der Waals surface area contributed by atoms with E-state index in [9.17, 15) is 0 Å². The van der Waals surface area contributed by atoms with Crippen LogP contribution in [0.4, 0.5) is 0 Å². The molecule has 0 bridgehead atoms. The molecule has 1 atom stereocenters. The van der Waals surface area contributed by atoms with E-state index >= 15 is 0 Å². The molecule has 2 N–H and O–H groups in total. The van der Waals surface area contributed by atoms with Crippen LogP contribution in [0.15, 0.2) is 18.6 Å². The summed E-state index contributed by atoms with van der Waals surface area (Å²) in [6.45, 7) is 0. The second-order valence-corrected chi connectivity index (χ2v) is 3.73. The van der Waals surface area contributed by atoms with Crippen LogP contribution >= 0.6 is 11.6 Å². The number of aryl methyl sites for hydroxylation is 1. The second-order valence-electron chi connectivity index (χ2n) is 3.32. The first kappa shape index (κ1) is 9.97. The van der Waals surface area contributed by atoms with Crippen molar-refractivity contribution >= 4 is 22.5 Å². The molecule has 0 radical (unpaired) electrons. The van der Waals surface area contributed by atoms with Gasteiger partial charge >= 0.3 is 0 Å². The minimum Gasteiger partial charge on any atom is -0.349 e. The summed E-state index contributed by atoms with van der Waals surface area (Å²) in [5.74, 6) is 0. The average Bonchev–Trinajstić information content (AvgIpc) is 2.54. The van der Waals surface area contributed by atoms with Gasteiger partial charge in [-0.25, -0.2) is 0 Å². The number of nitrogens with two attached hydrogens (primary N) is 1. The van der Waals surface area contributed by atoms with E-state index in [0.29, 0.717) is 10.6 Å². The van der Waals surface area contributed by atoms with Crippen LogP contribution in [-0.4, -0.2) is 9.55 Å². The van der Waals surface area contributed by atoms with Crippen molar-refractivity contribution in [1.82, 2.24) is 9.55 Å². The molecule has 2 rings (SSSR count). The summed E-state index contributed by atoms with van der Waals surface area (Å²) in [5, 5.41) is 10.2. The van der Waals surface area contributed by atoms with Gasteiger partial charge < -0.3 is 10.3 Å². The number of nitrogens with zero attached hydrogens (tertiary/aromatic N) is 3. The highest BCUT2D eigenvalue weighted by atomic mass is 35.5. The van der Waals surface area contributed by atoms with Crippen molar-refractivity contribution in [3.05, 3.63) is 29.2 Å². The Hall–Kier alpha value is -1.57. The Morgan fingerprint density at radius 3 is 3.00 bits per heavy atom. The van der Waals surface area contributed by atoms with Gasteiger partial charge in [0.25, 0.3) is 0 Å². The number of hydrogen-bond donors (Lipinski definition) is 1. The van der Waals surface area contributed by atoms with Gasteiger partial charge in [-0.05, 0) is 0 Å². The van der Waals surface area contributed by atoms with E-state index in [0.717, 1.165) is 10.9 Å². The van der Waals surface area contributed by atoms with Crippen molar-refractivity contribution in [2.45, 2.75) is 6.04 Å². The summed E-state index contributed by atoms with van der Waals surface area (Å²) in [6.07, 6.45) is 5.05. The molecule has 1 unspecified atom stereocenters. The Morgan fingerprint density at radius 1 is 1.60 bits per heavy atom. The minimum absolute atomic E-state index is 0.618. The molecule has 0 fully saturated rings. The van der Waals surface area contributed by atoms with E-state index in [4.69, 9.17) is 22.6 Å². The molecule has 2 heterocycles. The van der Waals surface area contributed by atoms with E-state index in [1.54, 1.807) is 18.6 Å². The maximum absolute atomic E-state index is 8.80. The molecular weight excluding hydrogens is 212 g/mol. The van der Waals surface area contributed by atoms with Gasteiger partial charge in [-0.2, -0.15) is 5.26 Å². The first-order chi connectivity index (χ1) is 7.15. The van der Waals surface area contributed by atoms with Gasteiger partial charge in [0, 0.05) is 36.6 Å². The molecule has 0 amide bonds. The van der Waals surface area contributed by atoms with Crippen molar-refractivity contribution in [3.63, 3.8) is 0 Å². The van der Waals surface area contributed by atoms with Crippen LogP contribution in [0.5, 0.6) is 0 Å². The molecule has 2 aromatic rings. The Morgan fingerprint density at radius 2 is 2.33 bits per heavy atom. The monoisotopic (exact) mass is 220 g/mol. The molecule has 0 saturated carbocycles. The first-order valence-corrected chi connectivity index (χ1v) is 4.76. The molecule has 0 aliphatic heterocycles. The Bertz CT molecular complexity index is 552. The standard InChI is InChI=1S/C10H9ClN4/c1-15-5-8(11)6-3-14-4-7(10(6)15)9(13)2-12/h3-5,9H,13H2,1H3. The molecule has 0 aromatic carbocycles. The van der Waals surface area contributed by atoms with Gasteiger partial charge in [0.2, 0.25) is 0 Å². The number of fused-ring (bicyclic) bond motifs is 1. The highest BCUT2D eigenvalue weighted by Gasteiger charge is 2.14. The zero-order valence-electron chi connectivity index (χ0n) is 8.11.